The fourth-order valence-corrected chi connectivity index (χ4v) is 8.83. The molecule has 17 heteroatoms. The van der Waals surface area contributed by atoms with Crippen LogP contribution in [-0.4, -0.2) is 123 Å². The van der Waals surface area contributed by atoms with Gasteiger partial charge in [0.15, 0.2) is 23.1 Å². The third-order valence-electron chi connectivity index (χ3n) is 11.8. The van der Waals surface area contributed by atoms with E-state index >= 15 is 0 Å². The van der Waals surface area contributed by atoms with Crippen LogP contribution in [0.5, 0.6) is 11.5 Å². The first-order valence-electron chi connectivity index (χ1n) is 19.5. The minimum Gasteiger partial charge on any atom is -0.486 e. The third-order valence-corrected chi connectivity index (χ3v) is 11.8. The number of rotatable bonds is 11. The number of aldehydes is 1. The van der Waals surface area contributed by atoms with Gasteiger partial charge in [0.05, 0.1) is 23.9 Å². The monoisotopic (exact) mass is 801 g/mol. The van der Waals surface area contributed by atoms with Crippen molar-refractivity contribution in [1.82, 2.24) is 16.0 Å². The topological polar surface area (TPSA) is 262 Å². The Bertz CT molecular complexity index is 2090. The smallest absolute Gasteiger partial charge is 0.242 e. The lowest BCUT2D eigenvalue weighted by molar-refractivity contribution is -0.308. The van der Waals surface area contributed by atoms with Crippen LogP contribution in [0.3, 0.4) is 0 Å². The molecule has 3 heterocycles. The lowest BCUT2D eigenvalue weighted by Gasteiger charge is -2.48. The van der Waals surface area contributed by atoms with Crippen LogP contribution in [0, 0.1) is 0 Å². The van der Waals surface area contributed by atoms with Gasteiger partial charge in [0.1, 0.15) is 55.8 Å². The van der Waals surface area contributed by atoms with E-state index < -0.39 is 79.1 Å². The maximum atomic E-state index is 14.4. The number of nitrogens with one attached hydrogen (secondary N) is 3. The van der Waals surface area contributed by atoms with E-state index in [2.05, 4.69) is 16.0 Å². The van der Waals surface area contributed by atoms with Crippen molar-refractivity contribution >= 4 is 29.4 Å². The van der Waals surface area contributed by atoms with Crippen LogP contribution in [0.15, 0.2) is 54.6 Å². The molecule has 0 spiro atoms. The molecule has 0 bridgehead atoms. The van der Waals surface area contributed by atoms with Gasteiger partial charge >= 0.3 is 0 Å². The fourth-order valence-electron chi connectivity index (χ4n) is 8.83. The van der Waals surface area contributed by atoms with E-state index in [4.69, 9.17) is 19.9 Å². The van der Waals surface area contributed by atoms with Crippen molar-refractivity contribution in [3.63, 3.8) is 0 Å². The summed E-state index contributed by atoms with van der Waals surface area (Å²) in [6.07, 6.45) is -8.35. The highest BCUT2D eigenvalue weighted by atomic mass is 16.7. The van der Waals surface area contributed by atoms with Gasteiger partial charge in [-0.05, 0) is 30.5 Å². The Labute approximate surface area is 333 Å². The number of hydrogen-bond acceptors (Lipinski definition) is 16. The molecule has 2 aliphatic carbocycles. The summed E-state index contributed by atoms with van der Waals surface area (Å²) in [5.41, 5.74) is 6.14. The van der Waals surface area contributed by atoms with Crippen molar-refractivity contribution in [1.29, 1.82) is 0 Å². The van der Waals surface area contributed by atoms with Crippen LogP contribution in [0.25, 0.3) is 0 Å². The summed E-state index contributed by atoms with van der Waals surface area (Å²) in [7, 11) is 0. The van der Waals surface area contributed by atoms with Crippen molar-refractivity contribution in [3.8, 4) is 11.5 Å². The Balaban J connectivity index is 1.27. The minimum atomic E-state index is -1.87. The van der Waals surface area contributed by atoms with Crippen molar-refractivity contribution in [2.24, 2.45) is 5.73 Å². The van der Waals surface area contributed by atoms with Crippen molar-refractivity contribution in [2.45, 2.75) is 106 Å². The van der Waals surface area contributed by atoms with Gasteiger partial charge in [-0.15, -0.1) is 0 Å². The number of amides is 1. The van der Waals surface area contributed by atoms with E-state index in [1.54, 1.807) is 18.2 Å². The molecule has 1 saturated carbocycles. The Morgan fingerprint density at radius 3 is 2.36 bits per heavy atom. The molecule has 8 rings (SSSR count). The van der Waals surface area contributed by atoms with Gasteiger partial charge in [-0.25, -0.2) is 0 Å². The number of nitrogens with zero attached hydrogens (tertiary/aromatic N) is 1. The predicted molar refractivity (Wildman–Crippen MR) is 204 cm³/mol. The standard InChI is InChI=1S/C41H47N5O12/c42-40-44-37-28(38(54)45-40)43-19-46(37)26-11-5-2-8-20(26)16-21-17-25-27(30(50)24-10-4-3-9-23(24)29(25)49)35(56-18-22(48)12-15-47)34(21)57-39-33(53)31(51)32(52)36(58-39)41(55)13-6-1-7-14-41/h2-5,8-11,15,17,22,28,31-33,36-37,39-40,43-44,48,51-53,55H,1,6-7,12-14,16,18-19,42H2,(H,45,54). The number of fused-ring (bicyclic) bond motifs is 3. The largest absolute Gasteiger partial charge is 0.486 e. The second-order valence-corrected chi connectivity index (χ2v) is 15.6. The van der Waals surface area contributed by atoms with Gasteiger partial charge in [-0.2, -0.15) is 0 Å². The van der Waals surface area contributed by atoms with Gasteiger partial charge in [-0.1, -0.05) is 61.7 Å². The fraction of sp³-hybridized carbons (Fsp3) is 0.463. The number of ether oxygens (including phenoxy) is 3. The Morgan fingerprint density at radius 1 is 0.914 bits per heavy atom. The summed E-state index contributed by atoms with van der Waals surface area (Å²) in [6.45, 7) is -0.259. The summed E-state index contributed by atoms with van der Waals surface area (Å²) in [5.74, 6) is -1.84. The normalized spacial score (nSPS) is 29.5. The first kappa shape index (κ1) is 40.0. The number of carbonyl (C=O) groups is 4. The Morgan fingerprint density at radius 2 is 1.62 bits per heavy atom. The molecule has 5 aliphatic rings. The Kier molecular flexibility index (Phi) is 11.1. The summed E-state index contributed by atoms with van der Waals surface area (Å²) in [6, 6.07) is 14.4. The summed E-state index contributed by atoms with van der Waals surface area (Å²) in [4.78, 5) is 54.7. The van der Waals surface area contributed by atoms with Gasteiger partial charge in [0.25, 0.3) is 0 Å². The highest BCUT2D eigenvalue weighted by Gasteiger charge is 2.54. The molecule has 17 nitrogen and oxygen atoms in total. The van der Waals surface area contributed by atoms with Gasteiger partial charge in [0.2, 0.25) is 12.2 Å². The maximum Gasteiger partial charge on any atom is 0.242 e. The molecule has 9 unspecified atom stereocenters. The molecule has 3 aliphatic heterocycles. The summed E-state index contributed by atoms with van der Waals surface area (Å²) < 4.78 is 18.8. The van der Waals surface area contributed by atoms with Gasteiger partial charge in [-0.3, -0.25) is 30.8 Å². The molecule has 10 N–H and O–H groups in total. The molecule has 58 heavy (non-hydrogen) atoms. The molecular formula is C41H47N5O12. The van der Waals surface area contributed by atoms with Crippen LogP contribution in [0.1, 0.15) is 81.5 Å². The van der Waals surface area contributed by atoms with Crippen LogP contribution < -0.4 is 36.1 Å². The second kappa shape index (κ2) is 16.1. The molecule has 9 atom stereocenters. The molecule has 1 amide bonds. The van der Waals surface area contributed by atoms with Crippen molar-refractivity contribution < 1.29 is 58.9 Å². The number of hydrogen-bond donors (Lipinski definition) is 9. The van der Waals surface area contributed by atoms with Crippen LogP contribution in [-0.2, 0) is 20.7 Å². The lowest BCUT2D eigenvalue weighted by Crippen LogP contribution is -2.70. The average molecular weight is 802 g/mol. The van der Waals surface area contributed by atoms with Gasteiger partial charge < -0.3 is 54.8 Å². The quantitative estimate of drug-likeness (QED) is 0.0849. The third kappa shape index (κ3) is 7.16. The minimum absolute atomic E-state index is 0.0113. The zero-order valence-corrected chi connectivity index (χ0v) is 31.5. The van der Waals surface area contributed by atoms with E-state index in [1.807, 2.05) is 23.1 Å². The number of aliphatic hydroxyl groups excluding tert-OH is 4. The van der Waals surface area contributed by atoms with E-state index in [0.717, 1.165) is 6.42 Å². The highest BCUT2D eigenvalue weighted by molar-refractivity contribution is 6.29. The van der Waals surface area contributed by atoms with E-state index in [0.29, 0.717) is 30.4 Å². The summed E-state index contributed by atoms with van der Waals surface area (Å²) in [5, 5.41) is 65.1. The number of aliphatic hydroxyl groups is 5. The number of anilines is 1. The zero-order valence-electron chi connectivity index (χ0n) is 31.5. The first-order valence-corrected chi connectivity index (χ1v) is 19.5. The molecule has 0 radical (unpaired) electrons. The SMILES string of the molecule is NC1NC(=O)C2NCN(c3ccccc3Cc3cc4c(c(OCC(O)CC=O)c3OC3OC(C5(O)CCCCC5)C(O)C(O)C3O)C(=O)c3ccccc3C4=O)C2N1. The second-order valence-electron chi connectivity index (χ2n) is 15.6. The maximum absolute atomic E-state index is 14.4. The lowest BCUT2D eigenvalue weighted by atomic mass is 9.76. The molecule has 3 aromatic carbocycles. The number of ketones is 2. The predicted octanol–water partition coefficient (Wildman–Crippen LogP) is -0.713. The van der Waals surface area contributed by atoms with Crippen LogP contribution in [0.4, 0.5) is 5.69 Å². The van der Waals surface area contributed by atoms with E-state index in [9.17, 15) is 44.7 Å². The number of nitrogens with two attached hydrogens (primary N) is 1. The van der Waals surface area contributed by atoms with Crippen LogP contribution >= 0.6 is 0 Å². The number of para-hydroxylation sites is 1. The number of carbonyl (C=O) groups excluding carboxylic acids is 4. The molecule has 0 aromatic heterocycles. The molecule has 3 aromatic rings. The molecular weight excluding hydrogens is 754 g/mol. The first-order chi connectivity index (χ1) is 27.9. The van der Waals surface area contributed by atoms with Crippen molar-refractivity contribution in [2.75, 3.05) is 18.2 Å². The van der Waals surface area contributed by atoms with E-state index in [-0.39, 0.29) is 77.6 Å². The van der Waals surface area contributed by atoms with Crippen molar-refractivity contribution in [3.05, 3.63) is 88.0 Å². The average Bonchev–Trinajstić information content (AvgIpc) is 3.64. The van der Waals surface area contributed by atoms with Gasteiger partial charge in [0, 0.05) is 40.8 Å². The zero-order chi connectivity index (χ0) is 40.9. The molecule has 3 saturated heterocycles. The summed E-state index contributed by atoms with van der Waals surface area (Å²) >= 11 is 0. The molecule has 4 fully saturated rings. The molecule has 308 valence electrons. The number of benzene rings is 3. The highest BCUT2D eigenvalue weighted by Crippen LogP contribution is 2.46. The Hall–Kier alpha value is -4.82. The van der Waals surface area contributed by atoms with E-state index in [1.165, 1.54) is 18.2 Å². The van der Waals surface area contributed by atoms with Crippen LogP contribution in [0.2, 0.25) is 0 Å².